The molecule has 0 heterocycles. The van der Waals surface area contributed by atoms with Gasteiger partial charge in [0.1, 0.15) is 13.2 Å². The summed E-state index contributed by atoms with van der Waals surface area (Å²) >= 11 is 0. The molecule has 78 heavy (non-hydrogen) atoms. The van der Waals surface area contributed by atoms with Crippen molar-refractivity contribution in [2.75, 3.05) is 13.2 Å². The first-order chi connectivity index (χ1) is 38.5. The van der Waals surface area contributed by atoms with Crippen LogP contribution in [-0.2, 0) is 28.6 Å². The molecule has 0 radical (unpaired) electrons. The zero-order chi connectivity index (χ0) is 56.4. The Labute approximate surface area is 482 Å². The van der Waals surface area contributed by atoms with Crippen molar-refractivity contribution in [3.8, 4) is 0 Å². The van der Waals surface area contributed by atoms with E-state index in [0.29, 0.717) is 19.3 Å². The van der Waals surface area contributed by atoms with Crippen molar-refractivity contribution in [2.24, 2.45) is 0 Å². The van der Waals surface area contributed by atoms with Crippen LogP contribution < -0.4 is 0 Å². The summed E-state index contributed by atoms with van der Waals surface area (Å²) in [6.07, 6.45) is 90.7. The summed E-state index contributed by atoms with van der Waals surface area (Å²) < 4.78 is 16.9. The molecule has 0 aromatic rings. The normalized spacial score (nSPS) is 12.9. The van der Waals surface area contributed by atoms with E-state index in [4.69, 9.17) is 14.2 Å². The third-order valence-corrected chi connectivity index (χ3v) is 13.7. The molecule has 6 heteroatoms. The van der Waals surface area contributed by atoms with E-state index >= 15 is 0 Å². The molecule has 1 unspecified atom stereocenters. The Bertz CT molecular complexity index is 1620. The van der Waals surface area contributed by atoms with E-state index in [1.807, 2.05) is 0 Å². The smallest absolute Gasteiger partial charge is 0.306 e. The lowest BCUT2D eigenvalue weighted by Gasteiger charge is -2.18. The number of allylic oxidation sites excluding steroid dienone is 20. The second-order valence-corrected chi connectivity index (χ2v) is 21.3. The van der Waals surface area contributed by atoms with Crippen LogP contribution in [0.2, 0.25) is 0 Å². The molecule has 0 aromatic carbocycles. The van der Waals surface area contributed by atoms with Gasteiger partial charge in [-0.2, -0.15) is 0 Å². The molecule has 0 saturated heterocycles. The van der Waals surface area contributed by atoms with Crippen molar-refractivity contribution >= 4 is 17.9 Å². The Balaban J connectivity index is 4.27. The molecule has 0 fully saturated rings. The minimum Gasteiger partial charge on any atom is -0.462 e. The molecule has 0 N–H and O–H groups in total. The largest absolute Gasteiger partial charge is 0.462 e. The van der Waals surface area contributed by atoms with Gasteiger partial charge in [-0.05, 0) is 128 Å². The maximum atomic E-state index is 12.9. The highest BCUT2D eigenvalue weighted by Crippen LogP contribution is 2.16. The highest BCUT2D eigenvalue weighted by atomic mass is 16.6. The lowest BCUT2D eigenvalue weighted by atomic mass is 10.0. The van der Waals surface area contributed by atoms with Crippen LogP contribution in [0.15, 0.2) is 122 Å². The van der Waals surface area contributed by atoms with Crippen molar-refractivity contribution in [3.05, 3.63) is 122 Å². The minimum absolute atomic E-state index is 0.0902. The number of esters is 3. The van der Waals surface area contributed by atoms with Crippen LogP contribution in [0.1, 0.15) is 297 Å². The highest BCUT2D eigenvalue weighted by molar-refractivity contribution is 5.71. The zero-order valence-electron chi connectivity index (χ0n) is 50.9. The Kier molecular flexibility index (Phi) is 61.8. The molecular weight excluding hydrogens is 961 g/mol. The molecular formula is C72H120O6. The van der Waals surface area contributed by atoms with E-state index in [9.17, 15) is 14.4 Å². The maximum Gasteiger partial charge on any atom is 0.306 e. The maximum absolute atomic E-state index is 12.9. The fourth-order valence-electron chi connectivity index (χ4n) is 8.81. The van der Waals surface area contributed by atoms with E-state index in [1.165, 1.54) is 103 Å². The summed E-state index contributed by atoms with van der Waals surface area (Å²) in [6, 6.07) is 0. The summed E-state index contributed by atoms with van der Waals surface area (Å²) in [4.78, 5) is 38.3. The van der Waals surface area contributed by atoms with E-state index in [-0.39, 0.29) is 31.1 Å². The Morgan fingerprint density at radius 2 is 0.526 bits per heavy atom. The van der Waals surface area contributed by atoms with Crippen molar-refractivity contribution in [2.45, 2.75) is 303 Å². The predicted octanol–water partition coefficient (Wildman–Crippen LogP) is 22.4. The van der Waals surface area contributed by atoms with Gasteiger partial charge in [0, 0.05) is 19.3 Å². The van der Waals surface area contributed by atoms with E-state index in [1.54, 1.807) is 0 Å². The number of carbonyl (C=O) groups is 3. The summed E-state index contributed by atoms with van der Waals surface area (Å²) in [5.41, 5.74) is 0. The lowest BCUT2D eigenvalue weighted by molar-refractivity contribution is -0.167. The molecule has 0 saturated carbocycles. The van der Waals surface area contributed by atoms with Crippen LogP contribution in [0.25, 0.3) is 0 Å². The van der Waals surface area contributed by atoms with Crippen molar-refractivity contribution in [3.63, 3.8) is 0 Å². The van der Waals surface area contributed by atoms with Gasteiger partial charge in [-0.3, -0.25) is 14.4 Å². The van der Waals surface area contributed by atoms with E-state index < -0.39 is 6.10 Å². The van der Waals surface area contributed by atoms with Gasteiger partial charge in [-0.1, -0.05) is 271 Å². The number of hydrogen-bond donors (Lipinski definition) is 0. The van der Waals surface area contributed by atoms with Gasteiger partial charge in [-0.25, -0.2) is 0 Å². The topological polar surface area (TPSA) is 78.9 Å². The fraction of sp³-hybridized carbons (Fsp3) is 0.681. The number of carbonyl (C=O) groups excluding carboxylic acids is 3. The van der Waals surface area contributed by atoms with Gasteiger partial charge in [0.15, 0.2) is 6.10 Å². The average molecular weight is 1080 g/mol. The summed E-state index contributed by atoms with van der Waals surface area (Å²) in [5, 5.41) is 0. The van der Waals surface area contributed by atoms with Crippen LogP contribution in [-0.4, -0.2) is 37.2 Å². The molecule has 0 aromatic heterocycles. The van der Waals surface area contributed by atoms with Gasteiger partial charge in [0.05, 0.1) is 0 Å². The van der Waals surface area contributed by atoms with Crippen LogP contribution in [0.4, 0.5) is 0 Å². The first-order valence-electron chi connectivity index (χ1n) is 32.5. The second-order valence-electron chi connectivity index (χ2n) is 21.3. The van der Waals surface area contributed by atoms with Crippen LogP contribution in [0, 0.1) is 0 Å². The van der Waals surface area contributed by atoms with Gasteiger partial charge in [0.2, 0.25) is 0 Å². The summed E-state index contributed by atoms with van der Waals surface area (Å²) in [5.74, 6) is -0.916. The van der Waals surface area contributed by atoms with Gasteiger partial charge < -0.3 is 14.2 Å². The number of ether oxygens (including phenoxy) is 3. The molecule has 0 aliphatic rings. The molecule has 0 amide bonds. The standard InChI is InChI=1S/C72H120O6/c1-4-7-10-13-16-19-22-25-27-29-30-31-32-33-34-35-36-37-38-39-40-41-42-43-45-47-50-53-56-59-62-65-71(74)77-68-69(67-76-70(73)64-61-58-55-52-49-46-24-21-18-15-12-9-6-3)78-72(75)66-63-60-57-54-51-48-44-28-26-23-20-17-14-11-8-5-2/h7,10,12,15-16,19-21,23-25,27-28,30-31,33-34,36-37,44,69H,4-6,8-9,11,13-14,17-18,22,26,29,32,35,38-43,45-68H2,1-3H3/b10-7-,15-12-,19-16-,23-20-,24-21-,27-25-,31-30-,34-33-,37-36-,44-28-. The molecule has 0 aliphatic heterocycles. The SMILES string of the molecule is CC/C=C\C/C=C\C/C=C\C/C=C\C/C=C\C/C=C\CCCCCCCCCCCCCCC(=O)OCC(COC(=O)CCCCCCC/C=C\C/C=C\CCC)OC(=O)CCCCCCC/C=C\C/C=C\CCCCCC. The molecule has 0 bridgehead atoms. The average Bonchev–Trinajstić information content (AvgIpc) is 3.44. The van der Waals surface area contributed by atoms with Crippen molar-refractivity contribution in [1.82, 2.24) is 0 Å². The van der Waals surface area contributed by atoms with Crippen molar-refractivity contribution < 1.29 is 28.6 Å². The molecule has 444 valence electrons. The summed E-state index contributed by atoms with van der Waals surface area (Å²) in [6.45, 7) is 6.43. The number of unbranched alkanes of at least 4 members (excludes halogenated alkanes) is 27. The Morgan fingerprint density at radius 3 is 0.833 bits per heavy atom. The quantitative estimate of drug-likeness (QED) is 0.0261. The van der Waals surface area contributed by atoms with E-state index in [0.717, 1.165) is 154 Å². The molecule has 0 rings (SSSR count). The molecule has 6 nitrogen and oxygen atoms in total. The second kappa shape index (κ2) is 65.3. The third-order valence-electron chi connectivity index (χ3n) is 13.7. The lowest BCUT2D eigenvalue weighted by Crippen LogP contribution is -2.30. The van der Waals surface area contributed by atoms with Crippen molar-refractivity contribution in [1.29, 1.82) is 0 Å². The van der Waals surface area contributed by atoms with Gasteiger partial charge in [0.25, 0.3) is 0 Å². The first kappa shape index (κ1) is 73.8. The first-order valence-corrected chi connectivity index (χ1v) is 32.5. The molecule has 1 atom stereocenters. The zero-order valence-corrected chi connectivity index (χ0v) is 50.9. The summed E-state index contributed by atoms with van der Waals surface area (Å²) in [7, 11) is 0. The highest BCUT2D eigenvalue weighted by Gasteiger charge is 2.19. The minimum atomic E-state index is -0.795. The van der Waals surface area contributed by atoms with E-state index in [2.05, 4.69) is 142 Å². The number of rotatable bonds is 58. The third kappa shape index (κ3) is 62.7. The molecule has 0 aliphatic carbocycles. The Morgan fingerprint density at radius 1 is 0.269 bits per heavy atom. The number of hydrogen-bond acceptors (Lipinski definition) is 6. The van der Waals surface area contributed by atoms with Crippen LogP contribution >= 0.6 is 0 Å². The molecule has 0 spiro atoms. The predicted molar refractivity (Wildman–Crippen MR) is 339 cm³/mol. The Hall–Kier alpha value is -4.19. The van der Waals surface area contributed by atoms with Crippen LogP contribution in [0.3, 0.4) is 0 Å². The fourth-order valence-corrected chi connectivity index (χ4v) is 8.81. The van der Waals surface area contributed by atoms with Crippen LogP contribution in [0.5, 0.6) is 0 Å². The van der Waals surface area contributed by atoms with Gasteiger partial charge >= 0.3 is 17.9 Å². The monoisotopic (exact) mass is 1080 g/mol. The van der Waals surface area contributed by atoms with Gasteiger partial charge in [-0.15, -0.1) is 0 Å².